The third-order valence-electron chi connectivity index (χ3n) is 7.29. The molecule has 2 atom stereocenters. The Balaban J connectivity index is 1.27. The fourth-order valence-corrected chi connectivity index (χ4v) is 6.81. The number of fused-ring (bicyclic) bond motifs is 1. The number of benzene rings is 2. The van der Waals surface area contributed by atoms with Crippen molar-refractivity contribution in [2.24, 2.45) is 0 Å². The summed E-state index contributed by atoms with van der Waals surface area (Å²) in [6.07, 6.45) is 3.42. The fraction of sp³-hybridized carbons (Fsp3) is 0.520. The number of hydrogen-bond acceptors (Lipinski definition) is 5. The number of sulfonamides is 1. The molecule has 2 aromatic carbocycles. The number of piperazine rings is 1. The highest BCUT2D eigenvalue weighted by molar-refractivity contribution is 7.89. The van der Waals surface area contributed by atoms with E-state index in [-0.39, 0.29) is 12.1 Å². The molecule has 0 radical (unpaired) electrons. The molecule has 2 aromatic rings. The van der Waals surface area contributed by atoms with E-state index in [1.807, 2.05) is 6.07 Å². The van der Waals surface area contributed by atoms with Gasteiger partial charge in [0.25, 0.3) is 0 Å². The van der Waals surface area contributed by atoms with Gasteiger partial charge in [-0.25, -0.2) is 13.1 Å². The summed E-state index contributed by atoms with van der Waals surface area (Å²) in [5.41, 5.74) is 2.54. The van der Waals surface area contributed by atoms with Crippen LogP contribution in [0.2, 0.25) is 0 Å². The van der Waals surface area contributed by atoms with Crippen LogP contribution in [-0.4, -0.2) is 81.5 Å². The Hall–Kier alpha value is -1.77. The van der Waals surface area contributed by atoms with E-state index in [4.69, 9.17) is 0 Å². The van der Waals surface area contributed by atoms with Gasteiger partial charge in [-0.2, -0.15) is 0 Å². The van der Waals surface area contributed by atoms with E-state index in [1.54, 1.807) is 24.3 Å². The molecule has 3 aliphatic rings. The summed E-state index contributed by atoms with van der Waals surface area (Å²) in [7, 11) is -3.55. The van der Waals surface area contributed by atoms with Gasteiger partial charge in [-0.3, -0.25) is 9.80 Å². The minimum Gasteiger partial charge on any atom is -0.302 e. The third kappa shape index (κ3) is 4.77. The third-order valence-corrected chi connectivity index (χ3v) is 8.79. The first-order valence-corrected chi connectivity index (χ1v) is 13.4. The molecule has 7 heteroatoms. The molecule has 32 heavy (non-hydrogen) atoms. The average molecular weight is 455 g/mol. The summed E-state index contributed by atoms with van der Waals surface area (Å²) in [4.78, 5) is 7.98. The lowest BCUT2D eigenvalue weighted by atomic mass is 10.0. The van der Waals surface area contributed by atoms with Crippen molar-refractivity contribution in [2.75, 3.05) is 52.4 Å². The topological polar surface area (TPSA) is 55.9 Å². The molecule has 2 unspecified atom stereocenters. The Morgan fingerprint density at radius 1 is 0.781 bits per heavy atom. The Kier molecular flexibility index (Phi) is 6.62. The molecule has 172 valence electrons. The maximum Gasteiger partial charge on any atom is 0.240 e. The van der Waals surface area contributed by atoms with E-state index >= 15 is 0 Å². The van der Waals surface area contributed by atoms with E-state index < -0.39 is 10.0 Å². The average Bonchev–Trinajstić information content (AvgIpc) is 3.46. The van der Waals surface area contributed by atoms with Gasteiger partial charge in [0.15, 0.2) is 0 Å². The molecule has 5 rings (SSSR count). The lowest BCUT2D eigenvalue weighted by Crippen LogP contribution is -2.52. The van der Waals surface area contributed by atoms with Crippen molar-refractivity contribution in [1.82, 2.24) is 19.4 Å². The second-order valence-electron chi connectivity index (χ2n) is 9.31. The van der Waals surface area contributed by atoms with Crippen molar-refractivity contribution in [2.45, 2.75) is 36.2 Å². The van der Waals surface area contributed by atoms with Crippen molar-refractivity contribution in [1.29, 1.82) is 0 Å². The van der Waals surface area contributed by atoms with Crippen molar-refractivity contribution < 1.29 is 8.42 Å². The molecule has 0 aromatic heterocycles. The Bertz CT molecular complexity index is 1000. The minimum atomic E-state index is -3.55. The molecule has 2 aliphatic heterocycles. The second kappa shape index (κ2) is 9.61. The molecule has 1 aliphatic carbocycles. The van der Waals surface area contributed by atoms with Crippen LogP contribution in [0, 0.1) is 0 Å². The maximum atomic E-state index is 13.1. The van der Waals surface area contributed by atoms with Crippen LogP contribution >= 0.6 is 0 Å². The van der Waals surface area contributed by atoms with Gasteiger partial charge < -0.3 is 4.90 Å². The molecule has 6 nitrogen and oxygen atoms in total. The van der Waals surface area contributed by atoms with Crippen molar-refractivity contribution in [3.8, 4) is 0 Å². The van der Waals surface area contributed by atoms with Crippen LogP contribution in [0.3, 0.4) is 0 Å². The summed E-state index contributed by atoms with van der Waals surface area (Å²) in [6.45, 7) is 8.86. The van der Waals surface area contributed by atoms with Gasteiger partial charge in [-0.15, -0.1) is 0 Å². The Morgan fingerprint density at radius 2 is 1.41 bits per heavy atom. The van der Waals surface area contributed by atoms with Crippen molar-refractivity contribution >= 4 is 10.0 Å². The molecule has 0 saturated carbocycles. The van der Waals surface area contributed by atoms with Crippen LogP contribution < -0.4 is 4.72 Å². The lowest BCUT2D eigenvalue weighted by Gasteiger charge is -2.40. The van der Waals surface area contributed by atoms with Crippen LogP contribution in [0.4, 0.5) is 0 Å². The SMILES string of the molecule is O=S(=O)(NC1Cc2ccccc2C1N1CCN(CCN2CCCC2)CC1)c1ccccc1. The van der Waals surface area contributed by atoms with Gasteiger partial charge in [-0.05, 0) is 55.6 Å². The highest BCUT2D eigenvalue weighted by Gasteiger charge is 2.39. The van der Waals surface area contributed by atoms with Crippen LogP contribution in [0.5, 0.6) is 0 Å². The summed E-state index contributed by atoms with van der Waals surface area (Å²) in [6, 6.07) is 17.1. The van der Waals surface area contributed by atoms with Gasteiger partial charge >= 0.3 is 0 Å². The van der Waals surface area contributed by atoms with Gasteiger partial charge in [0.05, 0.1) is 10.9 Å². The molecule has 1 N–H and O–H groups in total. The first-order valence-electron chi connectivity index (χ1n) is 11.9. The quantitative estimate of drug-likeness (QED) is 0.696. The molecule has 2 heterocycles. The highest BCUT2D eigenvalue weighted by atomic mass is 32.2. The second-order valence-corrected chi connectivity index (χ2v) is 11.0. The maximum absolute atomic E-state index is 13.1. The fourth-order valence-electron chi connectivity index (χ4n) is 5.55. The summed E-state index contributed by atoms with van der Waals surface area (Å²) >= 11 is 0. The van der Waals surface area contributed by atoms with Crippen LogP contribution in [0.25, 0.3) is 0 Å². The van der Waals surface area contributed by atoms with Crippen LogP contribution in [0.1, 0.15) is 30.0 Å². The first kappa shape index (κ1) is 22.0. The molecule has 0 amide bonds. The molecule has 0 bridgehead atoms. The number of likely N-dealkylation sites (tertiary alicyclic amines) is 1. The zero-order valence-electron chi connectivity index (χ0n) is 18.7. The van der Waals surface area contributed by atoms with E-state index in [0.717, 1.165) is 39.1 Å². The molecule has 2 saturated heterocycles. The first-order chi connectivity index (χ1) is 15.6. The minimum absolute atomic E-state index is 0.0884. The van der Waals surface area contributed by atoms with E-state index in [9.17, 15) is 8.42 Å². The van der Waals surface area contributed by atoms with Crippen molar-refractivity contribution in [3.63, 3.8) is 0 Å². The molecule has 2 fully saturated rings. The Morgan fingerprint density at radius 3 is 2.12 bits per heavy atom. The highest BCUT2D eigenvalue weighted by Crippen LogP contribution is 2.37. The normalized spacial score (nSPS) is 25.2. The summed E-state index contributed by atoms with van der Waals surface area (Å²) < 4.78 is 29.2. The number of nitrogens with zero attached hydrogens (tertiary/aromatic N) is 3. The zero-order valence-corrected chi connectivity index (χ0v) is 19.5. The van der Waals surface area contributed by atoms with E-state index in [2.05, 4.69) is 43.7 Å². The van der Waals surface area contributed by atoms with E-state index in [1.165, 1.54) is 43.6 Å². The van der Waals surface area contributed by atoms with Crippen LogP contribution in [0.15, 0.2) is 59.5 Å². The van der Waals surface area contributed by atoms with E-state index in [0.29, 0.717) is 4.90 Å². The number of hydrogen-bond donors (Lipinski definition) is 1. The monoisotopic (exact) mass is 454 g/mol. The van der Waals surface area contributed by atoms with Crippen LogP contribution in [-0.2, 0) is 16.4 Å². The van der Waals surface area contributed by atoms with Gasteiger partial charge in [-0.1, -0.05) is 42.5 Å². The lowest BCUT2D eigenvalue weighted by molar-refractivity contribution is 0.0815. The Labute approximate surface area is 192 Å². The van der Waals surface area contributed by atoms with Gasteiger partial charge in [0.2, 0.25) is 10.0 Å². The molecular formula is C25H34N4O2S. The predicted octanol–water partition coefficient (Wildman–Crippen LogP) is 2.34. The predicted molar refractivity (Wildman–Crippen MR) is 127 cm³/mol. The number of rotatable bonds is 7. The summed E-state index contributed by atoms with van der Waals surface area (Å²) in [5.74, 6) is 0. The van der Waals surface area contributed by atoms with Gasteiger partial charge in [0, 0.05) is 45.3 Å². The molecular weight excluding hydrogens is 420 g/mol. The standard InChI is InChI=1S/C25H34N4O2S/c30-32(31,22-9-2-1-3-10-22)26-24-20-21-8-4-5-11-23(21)25(24)29-18-16-28(17-19-29)15-14-27-12-6-7-13-27/h1-5,8-11,24-26H,6-7,12-20H2. The van der Waals surface area contributed by atoms with Gasteiger partial charge in [0.1, 0.15) is 0 Å². The van der Waals surface area contributed by atoms with Crippen molar-refractivity contribution in [3.05, 3.63) is 65.7 Å². The smallest absolute Gasteiger partial charge is 0.240 e. The largest absolute Gasteiger partial charge is 0.302 e. The number of nitrogens with one attached hydrogen (secondary N) is 1. The molecule has 0 spiro atoms. The summed E-state index contributed by atoms with van der Waals surface area (Å²) in [5, 5.41) is 0. The zero-order chi connectivity index (χ0) is 22.0.